The fraction of sp³-hybridized carbons (Fsp3) is 0.0735. The number of rotatable bonds is 15. The molecule has 0 spiro atoms. The number of anilines is 3. The topological polar surface area (TPSA) is 311 Å². The second-order valence-electron chi connectivity index (χ2n) is 20.9. The van der Waals surface area contributed by atoms with Crippen LogP contribution in [-0.4, -0.2) is 114 Å². The highest BCUT2D eigenvalue weighted by Crippen LogP contribution is 2.37. The molecule has 4 amide bonds. The van der Waals surface area contributed by atoms with Crippen LogP contribution >= 0.6 is 0 Å². The van der Waals surface area contributed by atoms with Crippen LogP contribution < -0.4 is 21.3 Å². The lowest BCUT2D eigenvalue weighted by atomic mass is 10.1. The molecule has 0 unspecified atom stereocenters. The third kappa shape index (κ3) is 17.3. The number of halogens is 9. The summed E-state index contributed by atoms with van der Waals surface area (Å²) in [6.45, 7) is 0. The molecule has 5 N–H and O–H groups in total. The highest BCUT2D eigenvalue weighted by Gasteiger charge is 2.39. The van der Waals surface area contributed by atoms with E-state index >= 15 is 0 Å². The van der Waals surface area contributed by atoms with Crippen molar-refractivity contribution in [3.63, 3.8) is 0 Å². The minimum absolute atomic E-state index is 0.0309. The first-order valence-corrected chi connectivity index (χ1v) is 29.1. The van der Waals surface area contributed by atoms with E-state index in [1.54, 1.807) is 48.5 Å². The Bertz CT molecular complexity index is 4770. The van der Waals surface area contributed by atoms with Gasteiger partial charge < -0.3 is 31.1 Å². The van der Waals surface area contributed by atoms with Gasteiger partial charge in [0.25, 0.3) is 23.6 Å². The number of aromatic carboxylic acids is 1. The zero-order chi connectivity index (χ0) is 72.2. The smallest absolute Gasteiger partial charge is 0.433 e. The summed E-state index contributed by atoms with van der Waals surface area (Å²) >= 11 is 0. The molecule has 0 aliphatic rings. The molecular weight excluding hydrogens is 1340 g/mol. The van der Waals surface area contributed by atoms with Gasteiger partial charge in [0, 0.05) is 83.2 Å². The molecule has 0 aliphatic heterocycles. The van der Waals surface area contributed by atoms with Gasteiger partial charge in [-0.3, -0.25) is 34.1 Å². The van der Waals surface area contributed by atoms with Gasteiger partial charge in [-0.15, -0.1) is 0 Å². The molecule has 3 aromatic carbocycles. The highest BCUT2D eigenvalue weighted by molar-refractivity contribution is 6.07. The highest BCUT2D eigenvalue weighted by atomic mass is 19.4. The van der Waals surface area contributed by atoms with Crippen molar-refractivity contribution < 1.29 is 78.1 Å². The third-order valence-electron chi connectivity index (χ3n) is 14.1. The minimum atomic E-state index is -4.67. The first-order valence-electron chi connectivity index (χ1n) is 29.1. The van der Waals surface area contributed by atoms with Crippen LogP contribution in [0.1, 0.15) is 79.2 Å². The SMILES string of the molecule is CNC(=O)c1cccc(C(=O)Nc2ccc(-n3nc(-c4cccnc4)cc3C(F)(F)F)cn2)c1.COC(=O)c1cccc(C(=O)Nc2ccc(-n3nc(-c4cccnc4)cc3C(F)(F)F)cn2)c1.O=C(O)c1cccc(C(=O)Nc2ccc(-n3nc(-c4cccnc4)cc3C(F)(F)F)cn2)c1. The molecule has 9 aromatic heterocycles. The Kier molecular flexibility index (Phi) is 21.0. The van der Waals surface area contributed by atoms with E-state index in [-0.39, 0.29) is 85.3 Å². The molecule has 24 nitrogen and oxygen atoms in total. The third-order valence-corrected chi connectivity index (χ3v) is 14.1. The van der Waals surface area contributed by atoms with Gasteiger partial charge >= 0.3 is 30.5 Å². The van der Waals surface area contributed by atoms with E-state index in [1.807, 2.05) is 0 Å². The fourth-order valence-electron chi connectivity index (χ4n) is 9.27. The van der Waals surface area contributed by atoms with Crippen molar-refractivity contribution in [3.8, 4) is 50.8 Å². The molecule has 0 fully saturated rings. The molecule has 0 saturated heterocycles. The summed E-state index contributed by atoms with van der Waals surface area (Å²) < 4.78 is 129. The lowest BCUT2D eigenvalue weighted by molar-refractivity contribution is -0.143. The monoisotopic (exact) mass is 1390 g/mol. The standard InChI is InChI=1S/C23H17F3N6O2.C23H16F3N5O3.C22H14F3N5O3/c1-27-21(33)14-4-2-5-15(10-14)22(34)30-20-8-7-17(13-29-20)32-19(23(24,25)26)11-18(31-32)16-6-3-9-28-12-16;1-34-22(33)15-5-2-4-14(10-15)21(32)29-20-8-7-17(13-28-20)31-19(23(24,25)26)11-18(30-31)16-6-3-9-27-12-16;23-22(24,25)18-10-17(15-5-2-8-26-11-15)29-30(18)16-6-7-19(27-12-16)28-20(31)13-3-1-4-14(9-13)21(32)33/h2-13H,1H3,(H,27,33)(H,29,30,34);2-13H,1H3,(H,28,29,32);1-12H,(H,32,33)(H,27,28,31). The van der Waals surface area contributed by atoms with E-state index in [0.717, 1.165) is 44.6 Å². The minimum Gasteiger partial charge on any atom is -0.478 e. The van der Waals surface area contributed by atoms with Crippen molar-refractivity contribution >= 4 is 53.0 Å². The van der Waals surface area contributed by atoms with Crippen LogP contribution in [0, 0.1) is 0 Å². The molecule has 33 heteroatoms. The summed E-state index contributed by atoms with van der Waals surface area (Å²) in [6, 6.07) is 37.8. The summed E-state index contributed by atoms with van der Waals surface area (Å²) in [6.07, 6.45) is -1.76. The molecule has 101 heavy (non-hydrogen) atoms. The number of nitrogens with one attached hydrogen (secondary N) is 4. The van der Waals surface area contributed by atoms with E-state index in [4.69, 9.17) is 5.11 Å². The number of carboxylic acids is 1. The number of hydrogen-bond donors (Lipinski definition) is 5. The average molecular weight is 1390 g/mol. The van der Waals surface area contributed by atoms with Gasteiger partial charge in [-0.05, 0) is 146 Å². The van der Waals surface area contributed by atoms with Crippen LogP contribution in [0.25, 0.3) is 50.8 Å². The Labute approximate surface area is 563 Å². The van der Waals surface area contributed by atoms with Gasteiger partial charge in [0.2, 0.25) is 0 Å². The van der Waals surface area contributed by atoms with Crippen LogP contribution in [0.15, 0.2) is 220 Å². The molecule has 9 heterocycles. The first-order chi connectivity index (χ1) is 48.2. The summed E-state index contributed by atoms with van der Waals surface area (Å²) in [5, 5.41) is 31.3. The van der Waals surface area contributed by atoms with Gasteiger partial charge in [0.15, 0.2) is 0 Å². The van der Waals surface area contributed by atoms with Crippen molar-refractivity contribution in [2.24, 2.45) is 0 Å². The molecule has 0 radical (unpaired) electrons. The number of carbonyl (C=O) groups excluding carboxylic acids is 5. The molecule has 510 valence electrons. The van der Waals surface area contributed by atoms with Crippen LogP contribution in [0.5, 0.6) is 0 Å². The summed E-state index contributed by atoms with van der Waals surface area (Å²) in [4.78, 5) is 95.7. The van der Waals surface area contributed by atoms with E-state index in [1.165, 1.54) is 155 Å². The number of alkyl halides is 9. The molecule has 0 saturated carbocycles. The van der Waals surface area contributed by atoms with E-state index in [2.05, 4.69) is 71.2 Å². The summed E-state index contributed by atoms with van der Waals surface area (Å²) in [5.41, 5.74) is -0.305. The second-order valence-corrected chi connectivity index (χ2v) is 20.9. The number of esters is 1. The number of ether oxygens (including phenoxy) is 1. The van der Waals surface area contributed by atoms with Crippen molar-refractivity contribution in [2.45, 2.75) is 18.5 Å². The number of methoxy groups -OCH3 is 1. The summed E-state index contributed by atoms with van der Waals surface area (Å²) in [7, 11) is 2.70. The van der Waals surface area contributed by atoms with Crippen molar-refractivity contribution in [1.29, 1.82) is 0 Å². The lowest BCUT2D eigenvalue weighted by Crippen LogP contribution is -2.19. The van der Waals surface area contributed by atoms with Gasteiger partial charge in [0.05, 0.1) is 71.0 Å². The lowest BCUT2D eigenvalue weighted by Gasteiger charge is -2.11. The van der Waals surface area contributed by atoms with Crippen molar-refractivity contribution in [2.75, 3.05) is 30.1 Å². The van der Waals surface area contributed by atoms with Crippen molar-refractivity contribution in [1.82, 2.24) is 64.6 Å². The zero-order valence-corrected chi connectivity index (χ0v) is 51.9. The number of aromatic nitrogens is 12. The first kappa shape index (κ1) is 70.2. The van der Waals surface area contributed by atoms with Crippen LogP contribution in [-0.2, 0) is 23.3 Å². The molecular formula is C68H47F9N16O8. The molecule has 0 aliphatic carbocycles. The Morgan fingerprint density at radius 1 is 0.386 bits per heavy atom. The van der Waals surface area contributed by atoms with Crippen LogP contribution in [0.3, 0.4) is 0 Å². The molecule has 12 rings (SSSR count). The number of benzene rings is 3. The van der Waals surface area contributed by atoms with Crippen LogP contribution in [0.2, 0.25) is 0 Å². The Balaban J connectivity index is 0.000000163. The number of hydrogen-bond acceptors (Lipinski definition) is 16. The van der Waals surface area contributed by atoms with Crippen LogP contribution in [0.4, 0.5) is 57.0 Å². The Morgan fingerprint density at radius 2 is 0.693 bits per heavy atom. The van der Waals surface area contributed by atoms with Gasteiger partial charge in [-0.25, -0.2) is 38.6 Å². The second kappa shape index (κ2) is 30.2. The Hall–Kier alpha value is -13.6. The maximum atomic E-state index is 13.6. The van der Waals surface area contributed by atoms with Gasteiger partial charge in [-0.1, -0.05) is 18.2 Å². The largest absolute Gasteiger partial charge is 0.478 e. The molecule has 0 atom stereocenters. The van der Waals surface area contributed by atoms with Crippen molar-refractivity contribution in [3.05, 3.63) is 270 Å². The van der Waals surface area contributed by atoms with Gasteiger partial charge in [0.1, 0.15) is 34.5 Å². The van der Waals surface area contributed by atoms with E-state index < -0.39 is 65.3 Å². The number of nitrogens with zero attached hydrogens (tertiary/aromatic N) is 12. The number of carboxylic acid groups (broad SMARTS) is 1. The van der Waals surface area contributed by atoms with E-state index in [0.29, 0.717) is 22.3 Å². The average Bonchev–Trinajstić information content (AvgIpc) is 1.66. The number of pyridine rings is 6. The summed E-state index contributed by atoms with van der Waals surface area (Å²) in [5.74, 6) is -3.54. The maximum Gasteiger partial charge on any atom is 0.433 e. The van der Waals surface area contributed by atoms with Gasteiger partial charge in [-0.2, -0.15) is 54.8 Å². The predicted molar refractivity (Wildman–Crippen MR) is 344 cm³/mol. The fourth-order valence-corrected chi connectivity index (χ4v) is 9.27. The quantitative estimate of drug-likeness (QED) is 0.0470. The molecule has 12 aromatic rings. The van der Waals surface area contributed by atoms with E-state index in [9.17, 15) is 68.3 Å². The predicted octanol–water partition coefficient (Wildman–Crippen LogP) is 12.6. The maximum absolute atomic E-state index is 13.6. The number of carbonyl (C=O) groups is 6. The zero-order valence-electron chi connectivity index (χ0n) is 51.9. The molecule has 0 bridgehead atoms. The number of amides is 4. The normalized spacial score (nSPS) is 11.2. The Morgan fingerprint density at radius 3 is 0.970 bits per heavy atom.